The minimum absolute atomic E-state index is 0.130. The summed E-state index contributed by atoms with van der Waals surface area (Å²) in [4.78, 5) is 36.2. The number of furan rings is 1. The maximum absolute atomic E-state index is 12.6. The number of hydrogen-bond donors (Lipinski definition) is 2. The summed E-state index contributed by atoms with van der Waals surface area (Å²) in [6.45, 7) is 0. The minimum atomic E-state index is -1.39. The van der Waals surface area contributed by atoms with E-state index in [4.69, 9.17) is 4.42 Å². The van der Waals surface area contributed by atoms with Crippen LogP contribution in [0.4, 0.5) is 0 Å². The van der Waals surface area contributed by atoms with Gasteiger partial charge in [-0.1, -0.05) is 18.2 Å². The average molecular weight is 387 g/mol. The Labute approximate surface area is 160 Å². The number of carbonyl (C=O) groups is 3. The quantitative estimate of drug-likeness (QED) is 0.622. The van der Waals surface area contributed by atoms with Crippen LogP contribution in [0.3, 0.4) is 0 Å². The second-order valence-electron chi connectivity index (χ2n) is 5.52. The third-order valence-corrected chi connectivity index (χ3v) is 4.20. The molecule has 0 fully saturated rings. The number of rotatable bonds is 9. The fourth-order valence-corrected chi connectivity index (χ4v) is 2.65. The third kappa shape index (κ3) is 6.34. The third-order valence-electron chi connectivity index (χ3n) is 3.56. The number of benzene rings is 1. The summed E-state index contributed by atoms with van der Waals surface area (Å²) < 4.78 is 5.18. The molecule has 0 unspecified atom stereocenters. The molecule has 8 heteroatoms. The van der Waals surface area contributed by atoms with Gasteiger partial charge < -0.3 is 25.0 Å². The molecule has 1 aromatic carbocycles. The molecule has 0 saturated heterocycles. The fourth-order valence-electron chi connectivity index (χ4n) is 2.18. The maximum atomic E-state index is 12.6. The van der Waals surface area contributed by atoms with E-state index in [9.17, 15) is 19.5 Å². The Morgan fingerprint density at radius 3 is 2.52 bits per heavy atom. The lowest BCUT2D eigenvalue weighted by Gasteiger charge is -2.20. The van der Waals surface area contributed by atoms with E-state index in [1.807, 2.05) is 6.26 Å². The van der Waals surface area contributed by atoms with E-state index in [1.165, 1.54) is 24.1 Å². The molecule has 0 aliphatic rings. The second-order valence-corrected chi connectivity index (χ2v) is 6.51. The summed E-state index contributed by atoms with van der Waals surface area (Å²) in [6.07, 6.45) is 4.78. The zero-order chi connectivity index (χ0) is 19.6. The molecule has 2 rings (SSSR count). The van der Waals surface area contributed by atoms with Crippen molar-refractivity contribution < 1.29 is 23.9 Å². The topological polar surface area (TPSA) is 111 Å². The lowest BCUT2D eigenvalue weighted by atomic mass is 10.2. The molecule has 0 bridgehead atoms. The maximum Gasteiger partial charge on any atom is 0.268 e. The van der Waals surface area contributed by atoms with E-state index in [0.29, 0.717) is 17.1 Å². The van der Waals surface area contributed by atoms with Crippen molar-refractivity contribution in [2.24, 2.45) is 0 Å². The molecule has 27 heavy (non-hydrogen) atoms. The number of carboxylic acid groups (broad SMARTS) is 1. The van der Waals surface area contributed by atoms with Crippen LogP contribution in [0.1, 0.15) is 22.5 Å². The van der Waals surface area contributed by atoms with Crippen LogP contribution in [0.2, 0.25) is 0 Å². The van der Waals surface area contributed by atoms with Crippen LogP contribution in [-0.4, -0.2) is 35.8 Å². The van der Waals surface area contributed by atoms with Gasteiger partial charge in [0.25, 0.3) is 11.8 Å². The van der Waals surface area contributed by atoms with Crippen molar-refractivity contribution in [1.82, 2.24) is 10.6 Å². The van der Waals surface area contributed by atoms with Gasteiger partial charge in [0.15, 0.2) is 0 Å². The van der Waals surface area contributed by atoms with Crippen molar-refractivity contribution in [1.29, 1.82) is 0 Å². The summed E-state index contributed by atoms with van der Waals surface area (Å²) in [7, 11) is 0. The van der Waals surface area contributed by atoms with Crippen molar-refractivity contribution in [2.75, 3.05) is 12.0 Å². The zero-order valence-electron chi connectivity index (χ0n) is 14.6. The van der Waals surface area contributed by atoms with E-state index in [2.05, 4.69) is 10.6 Å². The minimum Gasteiger partial charge on any atom is -0.548 e. The molecule has 0 aliphatic carbocycles. The number of thioether (sulfide) groups is 1. The normalized spacial score (nSPS) is 12.3. The molecule has 2 aromatic rings. The Morgan fingerprint density at radius 2 is 1.93 bits per heavy atom. The molecule has 1 atom stereocenters. The molecule has 0 saturated carbocycles. The van der Waals surface area contributed by atoms with Gasteiger partial charge >= 0.3 is 0 Å². The first kappa shape index (κ1) is 20.3. The van der Waals surface area contributed by atoms with E-state index in [0.717, 1.165) is 0 Å². The highest BCUT2D eigenvalue weighted by Crippen LogP contribution is 2.09. The van der Waals surface area contributed by atoms with Gasteiger partial charge in [-0.15, -0.1) is 0 Å². The van der Waals surface area contributed by atoms with Crippen LogP contribution in [0, 0.1) is 0 Å². The SMILES string of the molecule is CSCC[C@H](NC(=O)/C(=C/c1ccco1)NC(=O)c1ccccc1)C(=O)[O-]. The Hall–Kier alpha value is -3.00. The standard InChI is InChI=1S/C19H20N2O5S/c1-27-11-9-15(19(24)25)20-18(23)16(12-14-8-5-10-26-14)21-17(22)13-6-3-2-4-7-13/h2-8,10,12,15H,9,11H2,1H3,(H,20,23)(H,21,22)(H,24,25)/p-1/b16-12-/t15-/m0/s1. The van der Waals surface area contributed by atoms with Gasteiger partial charge in [0.1, 0.15) is 11.5 Å². The van der Waals surface area contributed by atoms with Gasteiger partial charge in [-0.25, -0.2) is 0 Å². The van der Waals surface area contributed by atoms with Crippen molar-refractivity contribution in [3.05, 3.63) is 65.7 Å². The Morgan fingerprint density at radius 1 is 1.19 bits per heavy atom. The molecule has 1 aromatic heterocycles. The number of nitrogens with one attached hydrogen (secondary N) is 2. The first-order valence-corrected chi connectivity index (χ1v) is 9.53. The average Bonchev–Trinajstić information content (AvgIpc) is 3.18. The molecule has 2 amide bonds. The molecule has 0 aliphatic heterocycles. The largest absolute Gasteiger partial charge is 0.548 e. The van der Waals surface area contributed by atoms with Crippen molar-refractivity contribution in [3.63, 3.8) is 0 Å². The van der Waals surface area contributed by atoms with Crippen molar-refractivity contribution in [3.8, 4) is 0 Å². The highest BCUT2D eigenvalue weighted by atomic mass is 32.2. The van der Waals surface area contributed by atoms with E-state index in [-0.39, 0.29) is 12.1 Å². The van der Waals surface area contributed by atoms with Gasteiger partial charge in [-0.2, -0.15) is 11.8 Å². The van der Waals surface area contributed by atoms with Crippen LogP contribution in [0.15, 0.2) is 58.8 Å². The number of amides is 2. The monoisotopic (exact) mass is 387 g/mol. The van der Waals surface area contributed by atoms with E-state index >= 15 is 0 Å². The van der Waals surface area contributed by atoms with Gasteiger partial charge in [0, 0.05) is 11.6 Å². The van der Waals surface area contributed by atoms with Crippen LogP contribution < -0.4 is 15.7 Å². The summed E-state index contributed by atoms with van der Waals surface area (Å²) in [5.74, 6) is -1.76. The smallest absolute Gasteiger partial charge is 0.268 e. The molecular formula is C19H19N2O5S-. The predicted molar refractivity (Wildman–Crippen MR) is 101 cm³/mol. The van der Waals surface area contributed by atoms with Crippen molar-refractivity contribution >= 4 is 35.6 Å². The Bertz CT molecular complexity index is 803. The Kier molecular flexibility index (Phi) is 7.69. The molecular weight excluding hydrogens is 368 g/mol. The van der Waals surface area contributed by atoms with Crippen LogP contribution in [-0.2, 0) is 9.59 Å². The van der Waals surface area contributed by atoms with Crippen LogP contribution >= 0.6 is 11.8 Å². The van der Waals surface area contributed by atoms with Gasteiger partial charge in [0.05, 0.1) is 18.3 Å². The van der Waals surface area contributed by atoms with Crippen LogP contribution in [0.5, 0.6) is 0 Å². The van der Waals surface area contributed by atoms with Crippen LogP contribution in [0.25, 0.3) is 6.08 Å². The van der Waals surface area contributed by atoms with E-state index < -0.39 is 23.8 Å². The summed E-state index contributed by atoms with van der Waals surface area (Å²) in [6, 6.07) is 10.4. The number of carboxylic acids is 1. The molecule has 1 heterocycles. The predicted octanol–water partition coefficient (Wildman–Crippen LogP) is 1.04. The first-order chi connectivity index (χ1) is 13.0. The molecule has 2 N–H and O–H groups in total. The lowest BCUT2D eigenvalue weighted by Crippen LogP contribution is -2.50. The van der Waals surface area contributed by atoms with Gasteiger partial charge in [-0.3, -0.25) is 9.59 Å². The summed E-state index contributed by atoms with van der Waals surface area (Å²) in [5.41, 5.74) is 0.226. The zero-order valence-corrected chi connectivity index (χ0v) is 15.5. The summed E-state index contributed by atoms with van der Waals surface area (Å²) >= 11 is 1.45. The van der Waals surface area contributed by atoms with Crippen molar-refractivity contribution in [2.45, 2.75) is 12.5 Å². The number of carbonyl (C=O) groups excluding carboxylic acids is 3. The fraction of sp³-hybridized carbons (Fsp3) is 0.211. The highest BCUT2D eigenvalue weighted by molar-refractivity contribution is 7.98. The van der Waals surface area contributed by atoms with E-state index in [1.54, 1.807) is 42.5 Å². The van der Waals surface area contributed by atoms with Gasteiger partial charge in [-0.05, 0) is 42.7 Å². The second kappa shape index (κ2) is 10.2. The Balaban J connectivity index is 2.20. The number of hydrogen-bond acceptors (Lipinski definition) is 6. The highest BCUT2D eigenvalue weighted by Gasteiger charge is 2.19. The molecule has 142 valence electrons. The number of aliphatic carboxylic acids is 1. The molecule has 7 nitrogen and oxygen atoms in total. The molecule has 0 spiro atoms. The molecule has 0 radical (unpaired) electrons. The summed E-state index contributed by atoms with van der Waals surface area (Å²) in [5, 5.41) is 16.1. The first-order valence-electron chi connectivity index (χ1n) is 8.13. The lowest BCUT2D eigenvalue weighted by molar-refractivity contribution is -0.308. The van der Waals surface area contributed by atoms with Gasteiger partial charge in [0.2, 0.25) is 0 Å².